The fourth-order valence-electron chi connectivity index (χ4n) is 9.85. The Morgan fingerprint density at radius 3 is 2.30 bits per heavy atom. The van der Waals surface area contributed by atoms with E-state index in [0.717, 1.165) is 63.2 Å². The van der Waals surface area contributed by atoms with Crippen molar-refractivity contribution in [2.75, 3.05) is 18.5 Å². The third-order valence-corrected chi connectivity index (χ3v) is 12.7. The molecule has 7 rings (SSSR count). The van der Waals surface area contributed by atoms with Crippen LogP contribution in [-0.4, -0.2) is 30.2 Å². The van der Waals surface area contributed by atoms with Crippen molar-refractivity contribution in [3.63, 3.8) is 0 Å². The SMILES string of the molecule is C=C(NCc1ccc(C2CC3(C)C(O)CCC3C3CCC4CC5(CCC4=C23)OCC(C)(C)CO5)cc1)Nc1ccc(C(C)(C)C)cc1. The van der Waals surface area contributed by atoms with Gasteiger partial charge in [-0.2, -0.15) is 0 Å². The fourth-order valence-corrected chi connectivity index (χ4v) is 9.85. The maximum Gasteiger partial charge on any atom is 0.169 e. The fraction of sp³-hybridized carbons (Fsp3) is 0.619. The van der Waals surface area contributed by atoms with Crippen LogP contribution in [0, 0.1) is 28.6 Å². The van der Waals surface area contributed by atoms with Crippen LogP contribution in [0.3, 0.4) is 0 Å². The number of allylic oxidation sites excluding steroid dienone is 2. The number of hydrogen-bond acceptors (Lipinski definition) is 5. The number of hydrogen-bond donors (Lipinski definition) is 3. The number of aliphatic hydroxyl groups excluding tert-OH is 1. The molecule has 1 spiro atoms. The summed E-state index contributed by atoms with van der Waals surface area (Å²) >= 11 is 0. The van der Waals surface area contributed by atoms with Crippen LogP contribution in [0.2, 0.25) is 0 Å². The van der Waals surface area contributed by atoms with Gasteiger partial charge >= 0.3 is 0 Å². The molecular weight excluding hydrogens is 580 g/mol. The van der Waals surface area contributed by atoms with Gasteiger partial charge in [-0.25, -0.2) is 0 Å². The summed E-state index contributed by atoms with van der Waals surface area (Å²) in [4.78, 5) is 0. The van der Waals surface area contributed by atoms with Gasteiger partial charge in [0.05, 0.1) is 25.1 Å². The molecule has 3 N–H and O–H groups in total. The number of rotatable bonds is 6. The Morgan fingerprint density at radius 2 is 1.62 bits per heavy atom. The van der Waals surface area contributed by atoms with Gasteiger partial charge in [-0.15, -0.1) is 0 Å². The largest absolute Gasteiger partial charge is 0.393 e. The minimum Gasteiger partial charge on any atom is -0.393 e. The van der Waals surface area contributed by atoms with Crippen molar-refractivity contribution < 1.29 is 14.6 Å². The molecule has 0 amide bonds. The molecular formula is C42H58N2O3. The number of aliphatic hydroxyl groups is 1. The first kappa shape index (κ1) is 32.9. The lowest BCUT2D eigenvalue weighted by atomic mass is 9.52. The molecule has 1 saturated heterocycles. The minimum atomic E-state index is -0.400. The molecule has 5 aliphatic rings. The lowest BCUT2D eigenvalue weighted by molar-refractivity contribution is -0.312. The molecule has 1 aliphatic heterocycles. The van der Waals surface area contributed by atoms with Gasteiger partial charge in [-0.1, -0.05) is 95.7 Å². The van der Waals surface area contributed by atoms with Gasteiger partial charge in [0.15, 0.2) is 5.79 Å². The van der Waals surface area contributed by atoms with Crippen molar-refractivity contribution in [2.24, 2.45) is 28.6 Å². The number of nitrogens with one attached hydrogen (secondary N) is 2. The average molecular weight is 639 g/mol. The summed E-state index contributed by atoms with van der Waals surface area (Å²) in [6.07, 6.45) is 8.43. The Bertz CT molecular complexity index is 1490. The van der Waals surface area contributed by atoms with Crippen molar-refractivity contribution in [1.29, 1.82) is 0 Å². The molecule has 0 aromatic heterocycles. The normalized spacial score (nSPS) is 32.7. The van der Waals surface area contributed by atoms with E-state index in [9.17, 15) is 5.11 Å². The van der Waals surface area contributed by atoms with Gasteiger partial charge in [0.2, 0.25) is 0 Å². The smallest absolute Gasteiger partial charge is 0.169 e. The highest BCUT2D eigenvalue weighted by atomic mass is 16.7. The topological polar surface area (TPSA) is 62.8 Å². The van der Waals surface area contributed by atoms with Crippen LogP contribution in [0.4, 0.5) is 5.69 Å². The number of fused-ring (bicyclic) bond motifs is 4. The summed E-state index contributed by atoms with van der Waals surface area (Å²) in [6.45, 7) is 20.1. The summed E-state index contributed by atoms with van der Waals surface area (Å²) in [7, 11) is 0. The van der Waals surface area contributed by atoms with Crippen LogP contribution in [-0.2, 0) is 21.4 Å². The monoisotopic (exact) mass is 638 g/mol. The second kappa shape index (κ2) is 12.1. The summed E-state index contributed by atoms with van der Waals surface area (Å²) in [6, 6.07) is 17.9. The van der Waals surface area contributed by atoms with E-state index in [4.69, 9.17) is 9.47 Å². The molecule has 0 bridgehead atoms. The van der Waals surface area contributed by atoms with Crippen LogP contribution in [0.1, 0.15) is 116 Å². The Hall–Kier alpha value is -2.60. The summed E-state index contributed by atoms with van der Waals surface area (Å²) in [5.41, 5.74) is 8.66. The predicted molar refractivity (Wildman–Crippen MR) is 191 cm³/mol. The van der Waals surface area contributed by atoms with Crippen molar-refractivity contribution in [2.45, 2.75) is 123 Å². The molecule has 2 aromatic carbocycles. The maximum atomic E-state index is 11.3. The van der Waals surface area contributed by atoms with Crippen molar-refractivity contribution >= 4 is 5.69 Å². The summed E-state index contributed by atoms with van der Waals surface area (Å²) in [5.74, 6) is 2.47. The molecule has 4 fully saturated rings. The second-order valence-electron chi connectivity index (χ2n) is 17.7. The Morgan fingerprint density at radius 1 is 0.915 bits per heavy atom. The van der Waals surface area contributed by atoms with Gasteiger partial charge in [0.25, 0.3) is 0 Å². The van der Waals surface area contributed by atoms with Crippen LogP contribution in [0.5, 0.6) is 0 Å². The molecule has 5 nitrogen and oxygen atoms in total. The Balaban J connectivity index is 1.08. The third kappa shape index (κ3) is 6.33. The molecule has 0 radical (unpaired) electrons. The van der Waals surface area contributed by atoms with Crippen molar-refractivity contribution in [1.82, 2.24) is 5.32 Å². The van der Waals surface area contributed by atoms with E-state index in [1.807, 2.05) is 0 Å². The first-order valence-electron chi connectivity index (χ1n) is 18.3. The third-order valence-electron chi connectivity index (χ3n) is 12.7. The van der Waals surface area contributed by atoms with Gasteiger partial charge < -0.3 is 25.2 Å². The minimum absolute atomic E-state index is 0.0159. The molecule has 2 aromatic rings. The zero-order chi connectivity index (χ0) is 33.2. The molecule has 4 aliphatic carbocycles. The van der Waals surface area contributed by atoms with Gasteiger partial charge in [-0.3, -0.25) is 0 Å². The first-order valence-corrected chi connectivity index (χ1v) is 18.3. The maximum absolute atomic E-state index is 11.3. The second-order valence-corrected chi connectivity index (χ2v) is 17.7. The van der Waals surface area contributed by atoms with E-state index >= 15 is 0 Å². The van der Waals surface area contributed by atoms with Crippen LogP contribution in [0.25, 0.3) is 0 Å². The average Bonchev–Trinajstić information content (AvgIpc) is 3.34. The quantitative estimate of drug-likeness (QED) is 0.276. The predicted octanol–water partition coefficient (Wildman–Crippen LogP) is 9.20. The highest BCUT2D eigenvalue weighted by Crippen LogP contribution is 2.65. The zero-order valence-electron chi connectivity index (χ0n) is 29.8. The zero-order valence-corrected chi connectivity index (χ0v) is 29.8. The number of anilines is 1. The van der Waals surface area contributed by atoms with Crippen molar-refractivity contribution in [3.05, 3.63) is 88.8 Å². The lowest BCUT2D eigenvalue weighted by Crippen LogP contribution is -2.52. The molecule has 3 saturated carbocycles. The van der Waals surface area contributed by atoms with Gasteiger partial charge in [0, 0.05) is 36.4 Å². The van der Waals surface area contributed by atoms with E-state index in [1.165, 1.54) is 29.5 Å². The summed E-state index contributed by atoms with van der Waals surface area (Å²) < 4.78 is 13.1. The first-order chi connectivity index (χ1) is 22.3. The van der Waals surface area contributed by atoms with E-state index in [1.54, 1.807) is 11.1 Å². The lowest BCUT2D eigenvalue weighted by Gasteiger charge is -2.55. The van der Waals surface area contributed by atoms with Gasteiger partial charge in [-0.05, 0) is 95.9 Å². The van der Waals surface area contributed by atoms with Crippen LogP contribution >= 0.6 is 0 Å². The molecule has 47 heavy (non-hydrogen) atoms. The van der Waals surface area contributed by atoms with Gasteiger partial charge in [0.1, 0.15) is 0 Å². The van der Waals surface area contributed by atoms with Crippen molar-refractivity contribution in [3.8, 4) is 0 Å². The van der Waals surface area contributed by atoms with E-state index in [2.05, 4.69) is 107 Å². The highest BCUT2D eigenvalue weighted by Gasteiger charge is 2.57. The molecule has 254 valence electrons. The Labute approximate surface area is 283 Å². The van der Waals surface area contributed by atoms with Crippen LogP contribution in [0.15, 0.2) is 72.1 Å². The molecule has 6 unspecified atom stereocenters. The van der Waals surface area contributed by atoms with E-state index < -0.39 is 5.79 Å². The summed E-state index contributed by atoms with van der Waals surface area (Å²) in [5, 5.41) is 18.2. The molecule has 1 heterocycles. The molecule has 6 atom stereocenters. The number of ether oxygens (including phenoxy) is 2. The standard InChI is InChI=1S/C42H58N2O3/c1-27(44-32-15-13-31(14-16-32)39(2,3)4)43-24-28-8-10-29(11-9-28)35-23-41(7)36(18-19-37(41)45)34-17-12-30-22-42(21-20-33(30)38(34)35)46-25-40(5,6)26-47-42/h8-11,13-16,30,34-37,43-45H,1,12,17-26H2,2-7H3. The van der Waals surface area contributed by atoms with E-state index in [0.29, 0.717) is 30.2 Å². The van der Waals surface area contributed by atoms with E-state index in [-0.39, 0.29) is 22.3 Å². The molecule has 5 heteroatoms. The highest BCUT2D eigenvalue weighted by molar-refractivity contribution is 5.49. The Kier molecular flexibility index (Phi) is 8.45. The number of benzene rings is 2. The van der Waals surface area contributed by atoms with Crippen LogP contribution < -0.4 is 10.6 Å².